The zero-order valence-electron chi connectivity index (χ0n) is 24.1. The molecule has 0 radical (unpaired) electrons. The normalized spacial score (nSPS) is 32.4. The number of alkyl halides is 6. The maximum atomic E-state index is 13.8. The topological polar surface area (TPSA) is 72.8 Å². The molecule has 3 fully saturated rings. The Balaban J connectivity index is 1.77. The Kier molecular flexibility index (Phi) is 7.59. The lowest BCUT2D eigenvalue weighted by atomic mass is 9.19. The number of esters is 2. The molecule has 0 aromatic heterocycles. The minimum absolute atomic E-state index is 0.143. The predicted molar refractivity (Wildman–Crippen MR) is 130 cm³/mol. The third-order valence-electron chi connectivity index (χ3n) is 11.2. The van der Waals surface area contributed by atoms with Crippen molar-refractivity contribution in [3.63, 3.8) is 0 Å². The van der Waals surface area contributed by atoms with Gasteiger partial charge in [-0.1, -0.05) is 55.4 Å². The fourth-order valence-corrected chi connectivity index (χ4v) is 8.11. The Morgan fingerprint density at radius 1 is 0.872 bits per heavy atom. The molecule has 1 N–H and O–H groups in total. The summed E-state index contributed by atoms with van der Waals surface area (Å²) in [5, 5.41) is 9.35. The Morgan fingerprint density at radius 3 is 1.72 bits per heavy atom. The Bertz CT molecular complexity index is 966. The fraction of sp³-hybridized carbons (Fsp3) is 0.929. The molecule has 3 saturated carbocycles. The highest BCUT2D eigenvalue weighted by Crippen LogP contribution is 2.86. The number of hydrogen-bond acceptors (Lipinski definition) is 5. The molecule has 226 valence electrons. The quantitative estimate of drug-likeness (QED) is 0.259. The van der Waals surface area contributed by atoms with Crippen molar-refractivity contribution in [2.24, 2.45) is 51.2 Å². The van der Waals surface area contributed by atoms with E-state index in [9.17, 15) is 41.0 Å². The molecule has 0 aliphatic heterocycles. The molecule has 0 heterocycles. The van der Waals surface area contributed by atoms with E-state index in [-0.39, 0.29) is 18.4 Å². The van der Waals surface area contributed by atoms with Gasteiger partial charge in [0.25, 0.3) is 0 Å². The standard InChI is InChI=1S/C28H42F6O5/c1-14(2)17(39-21(36)26(37,27(29,30)31)28(32,33)34)12-13-38-20(35)25(9,22(3,4)5)24(8)19-16-11-10-15(16)18(19)23(24,6)7/h14-19,37H,10-13H2,1-9H3. The summed E-state index contributed by atoms with van der Waals surface area (Å²) in [4.78, 5) is 25.9. The van der Waals surface area contributed by atoms with Crippen LogP contribution in [0.1, 0.15) is 81.6 Å². The summed E-state index contributed by atoms with van der Waals surface area (Å²) in [6.07, 6.45) is -12.1. The predicted octanol–water partition coefficient (Wildman–Crippen LogP) is 6.71. The summed E-state index contributed by atoms with van der Waals surface area (Å²) < 4.78 is 88.8. The summed E-state index contributed by atoms with van der Waals surface area (Å²) in [5.41, 5.74) is -7.70. The molecule has 0 aromatic rings. The van der Waals surface area contributed by atoms with Crippen molar-refractivity contribution in [1.82, 2.24) is 0 Å². The number of halogens is 6. The van der Waals surface area contributed by atoms with E-state index >= 15 is 0 Å². The van der Waals surface area contributed by atoms with Crippen LogP contribution in [0.4, 0.5) is 26.3 Å². The first-order valence-electron chi connectivity index (χ1n) is 13.6. The molecule has 0 bridgehead atoms. The van der Waals surface area contributed by atoms with Crippen LogP contribution in [0, 0.1) is 51.2 Å². The number of carbonyl (C=O) groups excluding carboxylic acids is 2. The molecule has 3 aliphatic carbocycles. The molecule has 7 atom stereocenters. The van der Waals surface area contributed by atoms with Crippen LogP contribution >= 0.6 is 0 Å². The van der Waals surface area contributed by atoms with Crippen molar-refractivity contribution >= 4 is 11.9 Å². The first-order valence-corrected chi connectivity index (χ1v) is 13.6. The highest BCUT2D eigenvalue weighted by molar-refractivity contribution is 5.82. The van der Waals surface area contributed by atoms with Gasteiger partial charge in [-0.05, 0) is 65.6 Å². The van der Waals surface area contributed by atoms with Crippen LogP contribution in [0.2, 0.25) is 0 Å². The van der Waals surface area contributed by atoms with Gasteiger partial charge in [-0.25, -0.2) is 4.79 Å². The van der Waals surface area contributed by atoms with Crippen LogP contribution in [0.3, 0.4) is 0 Å². The lowest BCUT2D eigenvalue weighted by Crippen LogP contribution is -2.82. The van der Waals surface area contributed by atoms with Crippen molar-refractivity contribution in [2.75, 3.05) is 6.61 Å². The van der Waals surface area contributed by atoms with Gasteiger partial charge in [0.1, 0.15) is 6.10 Å². The summed E-state index contributed by atoms with van der Waals surface area (Å²) in [6.45, 7) is 16.8. The maximum Gasteiger partial charge on any atom is 0.437 e. The molecular formula is C28H42F6O5. The molecule has 39 heavy (non-hydrogen) atoms. The molecule has 0 spiro atoms. The molecule has 0 aromatic carbocycles. The van der Waals surface area contributed by atoms with E-state index in [0.29, 0.717) is 23.7 Å². The van der Waals surface area contributed by atoms with E-state index in [0.717, 1.165) is 6.42 Å². The number of ether oxygens (including phenoxy) is 2. The second-order valence-electron chi connectivity index (χ2n) is 14.1. The Morgan fingerprint density at radius 2 is 1.33 bits per heavy atom. The zero-order valence-corrected chi connectivity index (χ0v) is 24.1. The number of aliphatic hydroxyl groups is 1. The van der Waals surface area contributed by atoms with Gasteiger partial charge < -0.3 is 14.6 Å². The Hall–Kier alpha value is -1.52. The highest BCUT2D eigenvalue weighted by atomic mass is 19.4. The van der Waals surface area contributed by atoms with E-state index in [1.165, 1.54) is 20.3 Å². The number of fused-ring (bicyclic) bond motifs is 4. The van der Waals surface area contributed by atoms with Crippen molar-refractivity contribution < 1.29 is 50.5 Å². The largest absolute Gasteiger partial charge is 0.465 e. The lowest BCUT2D eigenvalue weighted by Gasteiger charge is -2.85. The van der Waals surface area contributed by atoms with Gasteiger partial charge in [0.2, 0.25) is 0 Å². The number of hydrogen-bond donors (Lipinski definition) is 1. The third-order valence-corrected chi connectivity index (χ3v) is 11.2. The van der Waals surface area contributed by atoms with Gasteiger partial charge in [-0.2, -0.15) is 26.3 Å². The SMILES string of the molecule is CC(C)C(CCOC(=O)C(C)(C(C)(C)C)C1(C)C2C3CCC3C2C1(C)C)OC(=O)C(O)(C(F)(F)F)C(F)(F)F. The number of rotatable bonds is 8. The van der Waals surface area contributed by atoms with Gasteiger partial charge in [0.15, 0.2) is 0 Å². The molecule has 11 heteroatoms. The smallest absolute Gasteiger partial charge is 0.437 e. The van der Waals surface area contributed by atoms with Crippen molar-refractivity contribution in [1.29, 1.82) is 0 Å². The second-order valence-corrected chi connectivity index (χ2v) is 14.1. The average Bonchev–Trinajstić information content (AvgIpc) is 2.74. The molecular weight excluding hydrogens is 530 g/mol. The summed E-state index contributed by atoms with van der Waals surface area (Å²) in [7, 11) is 0. The third kappa shape index (κ3) is 4.13. The van der Waals surface area contributed by atoms with Crippen molar-refractivity contribution in [2.45, 2.75) is 106 Å². The maximum absolute atomic E-state index is 13.8. The molecule has 3 rings (SSSR count). The fourth-order valence-electron chi connectivity index (χ4n) is 8.11. The number of carbonyl (C=O) groups is 2. The van der Waals surface area contributed by atoms with Gasteiger partial charge in [-0.3, -0.25) is 4.79 Å². The van der Waals surface area contributed by atoms with E-state index in [4.69, 9.17) is 4.74 Å². The molecule has 5 nitrogen and oxygen atoms in total. The van der Waals surface area contributed by atoms with Crippen LogP contribution in [0.5, 0.6) is 0 Å². The van der Waals surface area contributed by atoms with Crippen molar-refractivity contribution in [3.8, 4) is 0 Å². The van der Waals surface area contributed by atoms with Crippen molar-refractivity contribution in [3.05, 3.63) is 0 Å². The van der Waals surface area contributed by atoms with Crippen LogP contribution in [0.15, 0.2) is 0 Å². The monoisotopic (exact) mass is 572 g/mol. The molecule has 0 amide bonds. The van der Waals surface area contributed by atoms with Crippen LogP contribution < -0.4 is 0 Å². The minimum Gasteiger partial charge on any atom is -0.465 e. The van der Waals surface area contributed by atoms with Crippen LogP contribution in [0.25, 0.3) is 0 Å². The Labute approximate surface area is 226 Å². The summed E-state index contributed by atoms with van der Waals surface area (Å²) >= 11 is 0. The first kappa shape index (κ1) is 32.0. The lowest BCUT2D eigenvalue weighted by molar-refractivity contribution is -0.378. The molecule has 7 unspecified atom stereocenters. The van der Waals surface area contributed by atoms with E-state index < -0.39 is 58.2 Å². The van der Waals surface area contributed by atoms with Gasteiger partial charge in [-0.15, -0.1) is 0 Å². The van der Waals surface area contributed by atoms with Gasteiger partial charge in [0.05, 0.1) is 12.0 Å². The highest BCUT2D eigenvalue weighted by Gasteiger charge is 2.83. The zero-order chi connectivity index (χ0) is 30.4. The van der Waals surface area contributed by atoms with Crippen LogP contribution in [-0.2, 0) is 19.1 Å². The first-order chi connectivity index (χ1) is 17.3. The average molecular weight is 573 g/mol. The summed E-state index contributed by atoms with van der Waals surface area (Å²) in [6, 6.07) is 0. The van der Waals surface area contributed by atoms with Gasteiger partial charge >= 0.3 is 29.9 Å². The van der Waals surface area contributed by atoms with E-state index in [1.807, 2.05) is 27.7 Å². The molecule has 0 saturated heterocycles. The van der Waals surface area contributed by atoms with Crippen LogP contribution in [-0.4, -0.2) is 47.7 Å². The molecule has 3 aliphatic rings. The van der Waals surface area contributed by atoms with E-state index in [1.54, 1.807) is 0 Å². The van der Waals surface area contributed by atoms with Gasteiger partial charge in [0, 0.05) is 6.42 Å². The van der Waals surface area contributed by atoms with E-state index in [2.05, 4.69) is 25.5 Å². The minimum atomic E-state index is -6.34. The summed E-state index contributed by atoms with van der Waals surface area (Å²) in [5.74, 6) is -1.91. The second kappa shape index (κ2) is 9.24.